The Morgan fingerprint density at radius 2 is 1.73 bits per heavy atom. The van der Waals surface area contributed by atoms with Crippen LogP contribution in [0.1, 0.15) is 16.1 Å². The van der Waals surface area contributed by atoms with E-state index in [9.17, 15) is 4.79 Å². The summed E-state index contributed by atoms with van der Waals surface area (Å²) in [6, 6.07) is 16.8. The summed E-state index contributed by atoms with van der Waals surface area (Å²) in [5.74, 6) is 0.602. The number of amides is 1. The van der Waals surface area contributed by atoms with Crippen molar-refractivity contribution in [3.8, 4) is 5.75 Å². The third-order valence-electron chi connectivity index (χ3n) is 5.00. The average molecular weight is 445 g/mol. The number of hydrogen-bond donors (Lipinski definition) is 0. The molecule has 30 heavy (non-hydrogen) atoms. The second-order valence-electron chi connectivity index (χ2n) is 7.17. The number of rotatable bonds is 6. The van der Waals surface area contributed by atoms with E-state index in [1.54, 1.807) is 29.1 Å². The van der Waals surface area contributed by atoms with Crippen LogP contribution in [0.4, 0.5) is 0 Å². The summed E-state index contributed by atoms with van der Waals surface area (Å²) in [6.45, 7) is 4.08. The van der Waals surface area contributed by atoms with Gasteiger partial charge in [-0.25, -0.2) is 4.68 Å². The molecule has 0 aliphatic carbocycles. The van der Waals surface area contributed by atoms with E-state index in [2.05, 4.69) is 10.00 Å². The van der Waals surface area contributed by atoms with E-state index >= 15 is 0 Å². The SMILES string of the molecule is O=C(c1ccn(COc2cccc(Cl)c2)n1)N1CCN(Cc2ccc(Cl)cc2)CC1. The van der Waals surface area contributed by atoms with Crippen LogP contribution in [0.25, 0.3) is 0 Å². The van der Waals surface area contributed by atoms with E-state index in [-0.39, 0.29) is 12.6 Å². The van der Waals surface area contributed by atoms with Crippen molar-refractivity contribution >= 4 is 29.1 Å². The van der Waals surface area contributed by atoms with Crippen LogP contribution >= 0.6 is 23.2 Å². The standard InChI is InChI=1S/C22H22Cl2N4O2/c23-18-6-4-17(5-7-18)15-26-10-12-27(13-11-26)22(29)21-8-9-28(25-21)16-30-20-3-1-2-19(24)14-20/h1-9,14H,10-13,15-16H2. The molecule has 0 atom stereocenters. The summed E-state index contributed by atoms with van der Waals surface area (Å²) < 4.78 is 7.27. The maximum atomic E-state index is 12.8. The quantitative estimate of drug-likeness (QED) is 0.571. The Hall–Kier alpha value is -2.54. The number of benzene rings is 2. The molecule has 0 bridgehead atoms. The second-order valence-corrected chi connectivity index (χ2v) is 8.04. The van der Waals surface area contributed by atoms with Gasteiger partial charge >= 0.3 is 0 Å². The molecule has 0 radical (unpaired) electrons. The highest BCUT2D eigenvalue weighted by atomic mass is 35.5. The van der Waals surface area contributed by atoms with E-state index in [1.165, 1.54) is 5.56 Å². The molecule has 1 fully saturated rings. The Morgan fingerprint density at radius 3 is 2.47 bits per heavy atom. The molecule has 4 rings (SSSR count). The molecule has 6 nitrogen and oxygen atoms in total. The summed E-state index contributed by atoms with van der Waals surface area (Å²) in [7, 11) is 0. The van der Waals surface area contributed by atoms with Gasteiger partial charge in [0.25, 0.3) is 5.91 Å². The van der Waals surface area contributed by atoms with Crippen LogP contribution in [0.15, 0.2) is 60.8 Å². The fraction of sp³-hybridized carbons (Fsp3) is 0.273. The third kappa shape index (κ3) is 5.33. The Morgan fingerprint density at radius 1 is 0.967 bits per heavy atom. The zero-order valence-electron chi connectivity index (χ0n) is 16.4. The third-order valence-corrected chi connectivity index (χ3v) is 5.49. The fourth-order valence-electron chi connectivity index (χ4n) is 3.36. The van der Waals surface area contributed by atoms with Gasteiger partial charge in [0.1, 0.15) is 5.75 Å². The van der Waals surface area contributed by atoms with Gasteiger partial charge in [-0.1, -0.05) is 41.4 Å². The van der Waals surface area contributed by atoms with E-state index in [4.69, 9.17) is 27.9 Å². The molecule has 1 aliphatic heterocycles. The lowest BCUT2D eigenvalue weighted by Crippen LogP contribution is -2.48. The molecule has 1 saturated heterocycles. The first-order valence-corrected chi connectivity index (χ1v) is 10.5. The van der Waals surface area contributed by atoms with Crippen molar-refractivity contribution in [2.24, 2.45) is 0 Å². The van der Waals surface area contributed by atoms with Crippen LogP contribution in [-0.4, -0.2) is 51.7 Å². The molecule has 1 amide bonds. The molecular formula is C22H22Cl2N4O2. The monoisotopic (exact) mass is 444 g/mol. The van der Waals surface area contributed by atoms with Crippen LogP contribution in [-0.2, 0) is 13.3 Å². The molecule has 0 unspecified atom stereocenters. The number of aromatic nitrogens is 2. The summed E-state index contributed by atoms with van der Waals surface area (Å²) in [5.41, 5.74) is 1.65. The van der Waals surface area contributed by atoms with E-state index in [0.29, 0.717) is 29.6 Å². The number of piperazine rings is 1. The molecule has 8 heteroatoms. The molecule has 0 saturated carbocycles. The Balaban J connectivity index is 1.27. The Kier molecular flexibility index (Phi) is 6.57. The first-order valence-electron chi connectivity index (χ1n) is 9.75. The van der Waals surface area contributed by atoms with Crippen molar-refractivity contribution in [3.05, 3.63) is 82.1 Å². The van der Waals surface area contributed by atoms with Crippen molar-refractivity contribution in [1.29, 1.82) is 0 Å². The largest absolute Gasteiger partial charge is 0.471 e. The fourth-order valence-corrected chi connectivity index (χ4v) is 3.67. The van der Waals surface area contributed by atoms with E-state index in [0.717, 1.165) is 24.7 Å². The second kappa shape index (κ2) is 9.51. The molecule has 1 aromatic heterocycles. The molecule has 3 aromatic rings. The molecule has 2 aromatic carbocycles. The minimum Gasteiger partial charge on any atom is -0.471 e. The molecule has 1 aliphatic rings. The number of halogens is 2. The summed E-state index contributed by atoms with van der Waals surface area (Å²) >= 11 is 11.9. The molecular weight excluding hydrogens is 423 g/mol. The minimum absolute atomic E-state index is 0.0531. The van der Waals surface area contributed by atoms with Gasteiger partial charge < -0.3 is 9.64 Å². The maximum absolute atomic E-state index is 12.8. The van der Waals surface area contributed by atoms with Crippen LogP contribution in [0, 0.1) is 0 Å². The smallest absolute Gasteiger partial charge is 0.274 e. The van der Waals surface area contributed by atoms with Gasteiger partial charge in [0.2, 0.25) is 0 Å². The average Bonchev–Trinajstić information content (AvgIpc) is 3.23. The van der Waals surface area contributed by atoms with Crippen molar-refractivity contribution < 1.29 is 9.53 Å². The van der Waals surface area contributed by atoms with Gasteiger partial charge in [0.05, 0.1) is 0 Å². The summed E-state index contributed by atoms with van der Waals surface area (Å²) in [4.78, 5) is 17.0. The van der Waals surface area contributed by atoms with Crippen LogP contribution in [0.2, 0.25) is 10.0 Å². The number of hydrogen-bond acceptors (Lipinski definition) is 4. The highest BCUT2D eigenvalue weighted by molar-refractivity contribution is 6.30. The number of ether oxygens (including phenoxy) is 1. The van der Waals surface area contributed by atoms with Gasteiger partial charge in [-0.3, -0.25) is 9.69 Å². The zero-order chi connectivity index (χ0) is 20.9. The van der Waals surface area contributed by atoms with Crippen molar-refractivity contribution in [1.82, 2.24) is 19.6 Å². The number of nitrogens with zero attached hydrogens (tertiary/aromatic N) is 4. The van der Waals surface area contributed by atoms with Gasteiger partial charge in [-0.15, -0.1) is 0 Å². The van der Waals surface area contributed by atoms with Gasteiger partial charge in [0.15, 0.2) is 12.4 Å². The zero-order valence-corrected chi connectivity index (χ0v) is 17.9. The Bertz CT molecular complexity index is 998. The summed E-state index contributed by atoms with van der Waals surface area (Å²) in [6.07, 6.45) is 1.74. The minimum atomic E-state index is -0.0531. The molecule has 0 spiro atoms. The van der Waals surface area contributed by atoms with Crippen molar-refractivity contribution in [2.75, 3.05) is 26.2 Å². The topological polar surface area (TPSA) is 50.6 Å². The van der Waals surface area contributed by atoms with Crippen LogP contribution < -0.4 is 4.74 Å². The van der Waals surface area contributed by atoms with Gasteiger partial charge in [-0.05, 0) is 42.0 Å². The molecule has 2 heterocycles. The predicted molar refractivity (Wildman–Crippen MR) is 117 cm³/mol. The predicted octanol–water partition coefficient (Wildman–Crippen LogP) is 4.18. The van der Waals surface area contributed by atoms with Crippen LogP contribution in [0.5, 0.6) is 5.75 Å². The van der Waals surface area contributed by atoms with E-state index in [1.807, 2.05) is 41.3 Å². The number of carbonyl (C=O) groups is 1. The lowest BCUT2D eigenvalue weighted by atomic mass is 10.2. The maximum Gasteiger partial charge on any atom is 0.274 e. The van der Waals surface area contributed by atoms with Crippen molar-refractivity contribution in [3.63, 3.8) is 0 Å². The Labute approximate surface area is 185 Å². The highest BCUT2D eigenvalue weighted by Crippen LogP contribution is 2.18. The van der Waals surface area contributed by atoms with Gasteiger partial charge in [0, 0.05) is 49.0 Å². The first-order chi connectivity index (χ1) is 14.6. The van der Waals surface area contributed by atoms with Crippen LogP contribution in [0.3, 0.4) is 0 Å². The molecule has 156 valence electrons. The van der Waals surface area contributed by atoms with E-state index < -0.39 is 0 Å². The lowest BCUT2D eigenvalue weighted by Gasteiger charge is -2.34. The van der Waals surface area contributed by atoms with Gasteiger partial charge in [-0.2, -0.15) is 5.10 Å². The van der Waals surface area contributed by atoms with Crippen molar-refractivity contribution in [2.45, 2.75) is 13.3 Å². The normalized spacial score (nSPS) is 14.7. The summed E-state index contributed by atoms with van der Waals surface area (Å²) in [5, 5.41) is 5.71. The highest BCUT2D eigenvalue weighted by Gasteiger charge is 2.23. The first kappa shape index (κ1) is 20.7. The molecule has 0 N–H and O–H groups in total. The number of carbonyl (C=O) groups excluding carboxylic acids is 1. The lowest BCUT2D eigenvalue weighted by molar-refractivity contribution is 0.0621.